The molecule has 98 valence electrons. The molecule has 3 aliphatic heterocycles. The molecule has 0 unspecified atom stereocenters. The Morgan fingerprint density at radius 2 is 1.80 bits per heavy atom. The van der Waals surface area contributed by atoms with Gasteiger partial charge in [-0.1, -0.05) is 18.2 Å². The molecule has 2 bridgehead atoms. The van der Waals surface area contributed by atoms with Crippen molar-refractivity contribution in [1.29, 1.82) is 0 Å². The molecule has 0 amide bonds. The summed E-state index contributed by atoms with van der Waals surface area (Å²) in [5.41, 5.74) is 4.42. The summed E-state index contributed by atoms with van der Waals surface area (Å²) in [6.07, 6.45) is 5.12. The van der Waals surface area contributed by atoms with Gasteiger partial charge in [-0.3, -0.25) is 9.55 Å². The quantitative estimate of drug-likeness (QED) is 0.678. The van der Waals surface area contributed by atoms with Gasteiger partial charge >= 0.3 is 6.09 Å². The number of carbonyl (C=O) groups excluding carboxylic acids is 1. The monoisotopic (exact) mass is 264 g/mol. The van der Waals surface area contributed by atoms with Gasteiger partial charge in [-0.15, -0.1) is 0 Å². The maximum absolute atomic E-state index is 12.1. The van der Waals surface area contributed by atoms with Gasteiger partial charge in [-0.05, 0) is 31.0 Å². The Morgan fingerprint density at radius 3 is 2.60 bits per heavy atom. The summed E-state index contributed by atoms with van der Waals surface area (Å²) in [6.45, 7) is 0. The van der Waals surface area contributed by atoms with Gasteiger partial charge < -0.3 is 4.74 Å². The number of hydrogen-bond acceptors (Lipinski definition) is 3. The van der Waals surface area contributed by atoms with Crippen molar-refractivity contribution in [2.45, 2.75) is 12.8 Å². The Hall–Kier alpha value is -2.62. The number of nitrogens with zero attached hydrogens (tertiary/aromatic N) is 2. The highest BCUT2D eigenvalue weighted by molar-refractivity contribution is 5.79. The first-order chi connectivity index (χ1) is 9.81. The summed E-state index contributed by atoms with van der Waals surface area (Å²) in [4.78, 5) is 16.6. The molecular weight excluding hydrogens is 252 g/mol. The van der Waals surface area contributed by atoms with E-state index in [-0.39, 0.29) is 0 Å². The van der Waals surface area contributed by atoms with E-state index < -0.39 is 6.09 Å². The summed E-state index contributed by atoms with van der Waals surface area (Å²) in [5, 5.41) is 0. The van der Waals surface area contributed by atoms with Crippen LogP contribution in [0.25, 0.3) is 11.1 Å². The van der Waals surface area contributed by atoms with Crippen molar-refractivity contribution in [2.75, 3.05) is 0 Å². The number of fused-ring (bicyclic) bond motifs is 5. The lowest BCUT2D eigenvalue weighted by Crippen LogP contribution is -2.17. The van der Waals surface area contributed by atoms with E-state index in [1.807, 2.05) is 30.5 Å². The molecule has 3 heterocycles. The number of benzene rings is 1. The smallest absolute Gasteiger partial charge is 0.410 e. The molecule has 1 aromatic rings. The Kier molecular flexibility index (Phi) is 2.36. The van der Waals surface area contributed by atoms with Crippen LogP contribution in [0.5, 0.6) is 5.75 Å². The van der Waals surface area contributed by atoms with Gasteiger partial charge in [0.1, 0.15) is 5.75 Å². The van der Waals surface area contributed by atoms with Crippen LogP contribution in [0.3, 0.4) is 0 Å². The number of aromatic nitrogens is 2. The van der Waals surface area contributed by atoms with Crippen LogP contribution in [-0.4, -0.2) is 15.6 Å². The van der Waals surface area contributed by atoms with Crippen LogP contribution in [0, 0.1) is 0 Å². The fourth-order valence-electron chi connectivity index (χ4n) is 2.63. The van der Waals surface area contributed by atoms with E-state index >= 15 is 0 Å². The zero-order chi connectivity index (χ0) is 13.5. The van der Waals surface area contributed by atoms with Crippen molar-refractivity contribution in [3.63, 3.8) is 0 Å². The maximum atomic E-state index is 12.1. The number of ether oxygens (including phenoxy) is 1. The summed E-state index contributed by atoms with van der Waals surface area (Å²) >= 11 is 0. The van der Waals surface area contributed by atoms with E-state index in [0.29, 0.717) is 5.75 Å². The van der Waals surface area contributed by atoms with Crippen molar-refractivity contribution in [1.82, 2.24) is 9.55 Å². The number of hydrogen-bond donors (Lipinski definition) is 0. The van der Waals surface area contributed by atoms with E-state index in [0.717, 1.165) is 35.4 Å². The van der Waals surface area contributed by atoms with Gasteiger partial charge in [-0.2, -0.15) is 0 Å². The van der Waals surface area contributed by atoms with E-state index in [2.05, 4.69) is 4.98 Å². The fraction of sp³-hybridized carbons (Fsp3) is 0.125. The Labute approximate surface area is 116 Å². The average Bonchev–Trinajstić information content (AvgIpc) is 3.10. The average molecular weight is 264 g/mol. The summed E-state index contributed by atoms with van der Waals surface area (Å²) in [5.74, 6) is 0.540. The summed E-state index contributed by atoms with van der Waals surface area (Å²) in [7, 11) is 0. The maximum Gasteiger partial charge on any atom is 0.423 e. The van der Waals surface area contributed by atoms with Crippen molar-refractivity contribution in [3.8, 4) is 16.9 Å². The molecule has 1 aromatic carbocycles. The van der Waals surface area contributed by atoms with Crippen LogP contribution in [0.1, 0.15) is 11.4 Å². The minimum atomic E-state index is -0.410. The van der Waals surface area contributed by atoms with Gasteiger partial charge in [0.2, 0.25) is 0 Å². The Balaban J connectivity index is 1.67. The molecule has 4 rings (SSSR count). The van der Waals surface area contributed by atoms with Gasteiger partial charge in [0.15, 0.2) is 0 Å². The normalized spacial score (nSPS) is 12.8. The number of rotatable bonds is 1. The third-order valence-corrected chi connectivity index (χ3v) is 3.61. The van der Waals surface area contributed by atoms with Crippen LogP contribution in [0.2, 0.25) is 0 Å². The molecule has 0 fully saturated rings. The van der Waals surface area contributed by atoms with Crippen molar-refractivity contribution >= 4 is 6.09 Å². The third kappa shape index (κ3) is 1.69. The van der Waals surface area contributed by atoms with Crippen LogP contribution in [0.15, 0.2) is 48.8 Å². The van der Waals surface area contributed by atoms with Crippen molar-refractivity contribution in [3.05, 3.63) is 60.2 Å². The molecule has 0 saturated heterocycles. The minimum absolute atomic E-state index is 0.410. The van der Waals surface area contributed by atoms with Crippen LogP contribution in [0.4, 0.5) is 4.79 Å². The van der Waals surface area contributed by atoms with E-state index in [4.69, 9.17) is 4.74 Å². The highest BCUT2D eigenvalue weighted by Gasteiger charge is 2.24. The predicted molar refractivity (Wildman–Crippen MR) is 74.1 cm³/mol. The minimum Gasteiger partial charge on any atom is -0.410 e. The fourth-order valence-corrected chi connectivity index (χ4v) is 2.63. The van der Waals surface area contributed by atoms with Crippen LogP contribution in [-0.2, 0) is 12.8 Å². The van der Waals surface area contributed by atoms with Gasteiger partial charge in [-0.25, -0.2) is 4.79 Å². The molecule has 0 saturated carbocycles. The lowest BCUT2D eigenvalue weighted by Gasteiger charge is -2.12. The molecule has 4 heteroatoms. The van der Waals surface area contributed by atoms with Crippen LogP contribution < -0.4 is 4.74 Å². The molecule has 0 spiro atoms. The second-order valence-corrected chi connectivity index (χ2v) is 4.87. The van der Waals surface area contributed by atoms with E-state index in [1.165, 1.54) is 4.57 Å². The van der Waals surface area contributed by atoms with Gasteiger partial charge in [0.25, 0.3) is 0 Å². The lowest BCUT2D eigenvalue weighted by molar-refractivity contribution is 0.202. The van der Waals surface area contributed by atoms with Crippen molar-refractivity contribution < 1.29 is 9.53 Å². The molecule has 0 atom stereocenters. The van der Waals surface area contributed by atoms with Gasteiger partial charge in [0, 0.05) is 29.2 Å². The largest absolute Gasteiger partial charge is 0.423 e. The highest BCUT2D eigenvalue weighted by Crippen LogP contribution is 2.35. The number of pyridine rings is 1. The molecular formula is C16H12N2O2. The lowest BCUT2D eigenvalue weighted by atomic mass is 9.98. The van der Waals surface area contributed by atoms with E-state index in [9.17, 15) is 4.79 Å². The first-order valence-corrected chi connectivity index (χ1v) is 6.58. The highest BCUT2D eigenvalue weighted by atomic mass is 16.6. The van der Waals surface area contributed by atoms with Gasteiger partial charge in [0.05, 0.1) is 5.69 Å². The number of para-hydroxylation sites is 1. The van der Waals surface area contributed by atoms with Crippen LogP contribution >= 0.6 is 0 Å². The first-order valence-electron chi connectivity index (χ1n) is 6.58. The summed E-state index contributed by atoms with van der Waals surface area (Å²) < 4.78 is 6.79. The Bertz CT molecular complexity index is 762. The molecule has 3 aliphatic rings. The number of carbonyl (C=O) groups is 1. The molecule has 4 nitrogen and oxygen atoms in total. The third-order valence-electron chi connectivity index (χ3n) is 3.61. The Morgan fingerprint density at radius 1 is 1.05 bits per heavy atom. The second kappa shape index (κ2) is 4.20. The van der Waals surface area contributed by atoms with E-state index in [1.54, 1.807) is 18.3 Å². The topological polar surface area (TPSA) is 44.1 Å². The number of aryl methyl sites for hydroxylation is 2. The SMILES string of the molecule is O=C(Oc1ccccc1)n1ccc2c3nc(c-2c1)CC3. The zero-order valence-corrected chi connectivity index (χ0v) is 10.7. The predicted octanol–water partition coefficient (Wildman–Crippen LogP) is 3.13. The zero-order valence-electron chi connectivity index (χ0n) is 10.7. The molecule has 0 N–H and O–H groups in total. The van der Waals surface area contributed by atoms with Crippen molar-refractivity contribution in [2.24, 2.45) is 0 Å². The molecule has 0 aromatic heterocycles. The molecule has 0 aliphatic carbocycles. The second-order valence-electron chi connectivity index (χ2n) is 4.87. The first kappa shape index (κ1) is 11.2. The molecule has 20 heavy (non-hydrogen) atoms. The standard InChI is InChI=1S/C16H12N2O2/c19-16(20-11-4-2-1-3-5-11)18-9-8-12-13(10-18)15-7-6-14(12)17-15/h1-5,8-10H,6-7H2. The summed E-state index contributed by atoms with van der Waals surface area (Å²) in [6, 6.07) is 11.0. The molecule has 0 radical (unpaired) electrons.